The molecule has 8 aromatic rings. The zero-order chi connectivity index (χ0) is 45.5. The van der Waals surface area contributed by atoms with Crippen LogP contribution in [0.2, 0.25) is 0 Å². The average Bonchev–Trinajstić information content (AvgIpc) is 3.58. The van der Waals surface area contributed by atoms with Crippen molar-refractivity contribution in [1.29, 1.82) is 0 Å². The molecule has 0 spiro atoms. The zero-order valence-corrected chi connectivity index (χ0v) is 35.9. The number of aromatic nitrogens is 12. The first kappa shape index (κ1) is 41.8. The number of urea groups is 1. The van der Waals surface area contributed by atoms with Crippen LogP contribution in [0.5, 0.6) is 0 Å². The highest BCUT2D eigenvalue weighted by Crippen LogP contribution is 2.32. The predicted octanol–water partition coefficient (Wildman–Crippen LogP) is 2.41. The topological polar surface area (TPSA) is 257 Å². The number of nitrogens with one attached hydrogen (secondary N) is 1. The quantitative estimate of drug-likeness (QED) is 0.178. The van der Waals surface area contributed by atoms with Gasteiger partial charge < -0.3 is 44.3 Å². The number of benzene rings is 2. The normalized spacial score (nSPS) is 15.4. The second-order valence-electron chi connectivity index (χ2n) is 16.2. The van der Waals surface area contributed by atoms with Crippen LogP contribution < -0.4 is 15.1 Å². The zero-order valence-electron chi connectivity index (χ0n) is 35.9. The number of aliphatic carboxylic acids is 2. The molecule has 1 saturated carbocycles. The summed E-state index contributed by atoms with van der Waals surface area (Å²) in [6.07, 6.45) is 8.43. The molecule has 3 aliphatic rings. The average molecular weight is 896 g/mol. The number of carboxylic acids is 2. The molecule has 0 bridgehead atoms. The highest BCUT2D eigenvalue weighted by Gasteiger charge is 2.35. The van der Waals surface area contributed by atoms with E-state index in [1.165, 1.54) is 21.8 Å². The van der Waals surface area contributed by atoms with Crippen molar-refractivity contribution in [2.75, 3.05) is 68.7 Å². The maximum Gasteiger partial charge on any atom is 0.323 e. The molecule has 8 heterocycles. The van der Waals surface area contributed by atoms with Gasteiger partial charge >= 0.3 is 18.0 Å². The number of imidazole rings is 2. The molecular weight excluding hydrogens is 851 g/mol. The Morgan fingerprint density at radius 3 is 1.52 bits per heavy atom. The number of anilines is 2. The molecule has 0 radical (unpaired) electrons. The summed E-state index contributed by atoms with van der Waals surface area (Å²) in [7, 11) is 0. The molecule has 66 heavy (non-hydrogen) atoms. The Hall–Kier alpha value is -8.24. The number of piperazine rings is 2. The molecule has 2 saturated heterocycles. The Morgan fingerprint density at radius 1 is 0.621 bits per heavy atom. The first-order valence-electron chi connectivity index (χ1n) is 21.7. The third-order valence-corrected chi connectivity index (χ3v) is 11.8. The van der Waals surface area contributed by atoms with E-state index in [4.69, 9.17) is 9.97 Å². The number of nitrogens with zero attached hydrogens (tertiary/aromatic N) is 16. The molecule has 1 aliphatic carbocycles. The van der Waals surface area contributed by atoms with Crippen LogP contribution in [-0.2, 0) is 27.5 Å². The second-order valence-corrected chi connectivity index (χ2v) is 16.2. The van der Waals surface area contributed by atoms with Crippen LogP contribution in [0.15, 0.2) is 73.6 Å². The van der Waals surface area contributed by atoms with Crippen molar-refractivity contribution in [2.45, 2.75) is 32.9 Å². The molecule has 3 fully saturated rings. The van der Waals surface area contributed by atoms with Gasteiger partial charge in [-0.2, -0.15) is 30.1 Å². The SMILES string of the molecule is CCNC(=O)N1CCN(c2nc(-n3ncc4ccccc43)c3ncn(CC(=O)O)c3n2)CC1.O=C(O)Cn1cnc2c(-n3ncc4ccccc43)nc(N3CCN(C(=O)C4CC4)CC3)nc21. The van der Waals surface area contributed by atoms with E-state index in [2.05, 4.69) is 35.5 Å². The summed E-state index contributed by atoms with van der Waals surface area (Å²) in [5.41, 5.74) is 3.54. The van der Waals surface area contributed by atoms with E-state index in [0.29, 0.717) is 105 Å². The molecule has 3 N–H and O–H groups in total. The number of hydrogen-bond acceptors (Lipinski definition) is 14. The van der Waals surface area contributed by atoms with Gasteiger partial charge in [0.25, 0.3) is 0 Å². The van der Waals surface area contributed by atoms with Gasteiger partial charge in [-0.05, 0) is 31.9 Å². The Kier molecular flexibility index (Phi) is 11.0. The summed E-state index contributed by atoms with van der Waals surface area (Å²) >= 11 is 0. The van der Waals surface area contributed by atoms with Gasteiger partial charge in [-0.25, -0.2) is 24.1 Å². The molecule has 11 rings (SSSR count). The lowest BCUT2D eigenvalue weighted by atomic mass is 10.2. The van der Waals surface area contributed by atoms with Crippen molar-refractivity contribution in [3.8, 4) is 11.6 Å². The van der Waals surface area contributed by atoms with Crippen LogP contribution in [0, 0.1) is 5.92 Å². The smallest absolute Gasteiger partial charge is 0.323 e. The molecular formula is C43H45N17O6. The lowest BCUT2D eigenvalue weighted by Gasteiger charge is -2.35. The fourth-order valence-electron chi connectivity index (χ4n) is 8.31. The summed E-state index contributed by atoms with van der Waals surface area (Å²) in [4.78, 5) is 82.8. The lowest BCUT2D eigenvalue weighted by Crippen LogP contribution is -2.52. The standard InChI is InChI=1S/C22H22N8O3.C21H23N9O3/c31-17(32)12-29-13-23-18-19(29)25-22(28-9-7-27(8-10-28)21(33)14-5-6-14)26-20(18)30-16-4-2-1-3-15(16)11-24-30;1-2-22-21(33)28-9-7-27(8-10-28)20-25-18-17(23-13-29(18)12-16(31)32)19(26-20)30-15-6-4-3-5-14(15)11-24-30/h1-4,11,13-14H,5-10,12H2,(H,31,32);3-6,11,13H,2,7-10,12H2,1H3,(H,22,33)(H,31,32). The fraction of sp³-hybridized carbons (Fsp3) is 0.349. The van der Waals surface area contributed by atoms with E-state index in [0.717, 1.165) is 34.6 Å². The summed E-state index contributed by atoms with van der Waals surface area (Å²) in [6.45, 7) is 6.55. The van der Waals surface area contributed by atoms with E-state index in [1.54, 1.807) is 26.7 Å². The van der Waals surface area contributed by atoms with Crippen molar-refractivity contribution in [3.05, 3.63) is 73.6 Å². The minimum absolute atomic E-state index is 0.0863. The van der Waals surface area contributed by atoms with Gasteiger partial charge in [-0.15, -0.1) is 0 Å². The van der Waals surface area contributed by atoms with Crippen LogP contribution in [0.1, 0.15) is 19.8 Å². The number of hydrogen-bond donors (Lipinski definition) is 3. The van der Waals surface area contributed by atoms with E-state index in [1.807, 2.05) is 70.2 Å². The van der Waals surface area contributed by atoms with Crippen molar-refractivity contribution in [1.82, 2.24) is 73.7 Å². The van der Waals surface area contributed by atoms with Crippen molar-refractivity contribution >= 4 is 79.9 Å². The number of carbonyl (C=O) groups excluding carboxylic acids is 2. The van der Waals surface area contributed by atoms with Crippen LogP contribution in [0.3, 0.4) is 0 Å². The highest BCUT2D eigenvalue weighted by atomic mass is 16.4. The minimum Gasteiger partial charge on any atom is -0.480 e. The van der Waals surface area contributed by atoms with Gasteiger partial charge in [-0.1, -0.05) is 36.4 Å². The van der Waals surface area contributed by atoms with E-state index in [-0.39, 0.29) is 30.9 Å². The third-order valence-electron chi connectivity index (χ3n) is 11.8. The van der Waals surface area contributed by atoms with Gasteiger partial charge in [-0.3, -0.25) is 14.4 Å². The van der Waals surface area contributed by atoms with Gasteiger partial charge in [0.15, 0.2) is 34.0 Å². The van der Waals surface area contributed by atoms with Gasteiger partial charge in [0.05, 0.1) is 36.1 Å². The first-order valence-corrected chi connectivity index (χ1v) is 21.7. The van der Waals surface area contributed by atoms with Crippen LogP contribution in [0.4, 0.5) is 16.7 Å². The predicted molar refractivity (Wildman–Crippen MR) is 240 cm³/mol. The fourth-order valence-corrected chi connectivity index (χ4v) is 8.31. The largest absolute Gasteiger partial charge is 0.480 e. The number of rotatable bonds is 10. The molecule has 338 valence electrons. The highest BCUT2D eigenvalue weighted by molar-refractivity contribution is 5.88. The Bertz CT molecular complexity index is 3140. The summed E-state index contributed by atoms with van der Waals surface area (Å²) in [5, 5.41) is 32.4. The monoisotopic (exact) mass is 895 g/mol. The number of amides is 3. The number of carboxylic acid groups (broad SMARTS) is 2. The lowest BCUT2D eigenvalue weighted by molar-refractivity contribution is -0.138. The Balaban J connectivity index is 0.000000155. The molecule has 2 aromatic carbocycles. The third kappa shape index (κ3) is 8.09. The Labute approximate surface area is 374 Å². The van der Waals surface area contributed by atoms with Gasteiger partial charge in [0.2, 0.25) is 17.8 Å². The molecule has 23 nitrogen and oxygen atoms in total. The van der Waals surface area contributed by atoms with Crippen LogP contribution in [-0.4, -0.2) is 161 Å². The first-order chi connectivity index (χ1) is 32.1. The van der Waals surface area contributed by atoms with E-state index < -0.39 is 11.9 Å². The molecule has 0 unspecified atom stereocenters. The van der Waals surface area contributed by atoms with Gasteiger partial charge in [0.1, 0.15) is 13.1 Å². The van der Waals surface area contributed by atoms with Crippen LogP contribution in [0.25, 0.3) is 55.8 Å². The summed E-state index contributed by atoms with van der Waals surface area (Å²) in [5.74, 6) is 0.373. The maximum absolute atomic E-state index is 12.4. The number of carbonyl (C=O) groups is 4. The Morgan fingerprint density at radius 2 is 1.08 bits per heavy atom. The maximum atomic E-state index is 12.4. The molecule has 23 heteroatoms. The van der Waals surface area contributed by atoms with E-state index in [9.17, 15) is 29.4 Å². The minimum atomic E-state index is -0.990. The molecule has 2 aliphatic heterocycles. The van der Waals surface area contributed by atoms with E-state index >= 15 is 0 Å². The second kappa shape index (κ2) is 17.4. The summed E-state index contributed by atoms with van der Waals surface area (Å²) < 4.78 is 6.41. The molecule has 0 atom stereocenters. The molecule has 3 amide bonds. The number of para-hydroxylation sites is 2. The van der Waals surface area contributed by atoms with Crippen molar-refractivity contribution in [3.63, 3.8) is 0 Å². The van der Waals surface area contributed by atoms with Crippen molar-refractivity contribution < 1.29 is 29.4 Å². The van der Waals surface area contributed by atoms with Gasteiger partial charge in [0, 0.05) is 75.6 Å². The summed E-state index contributed by atoms with van der Waals surface area (Å²) in [6, 6.07) is 15.5. The van der Waals surface area contributed by atoms with Crippen molar-refractivity contribution in [2.24, 2.45) is 5.92 Å². The van der Waals surface area contributed by atoms with Crippen LogP contribution >= 0.6 is 0 Å². The number of fused-ring (bicyclic) bond motifs is 4. The molecule has 6 aromatic heterocycles.